The largest absolute Gasteiger partial charge is 0.449 e. The van der Waals surface area contributed by atoms with E-state index in [4.69, 9.17) is 4.74 Å². The van der Waals surface area contributed by atoms with Crippen LogP contribution in [0, 0.1) is 22.0 Å². The van der Waals surface area contributed by atoms with E-state index >= 15 is 0 Å². The third-order valence-corrected chi connectivity index (χ3v) is 4.87. The summed E-state index contributed by atoms with van der Waals surface area (Å²) < 4.78 is 5.18. The van der Waals surface area contributed by atoms with E-state index in [1.165, 1.54) is 19.1 Å². The highest BCUT2D eigenvalue weighted by Crippen LogP contribution is 2.32. The predicted octanol–water partition coefficient (Wildman–Crippen LogP) is 3.15. The van der Waals surface area contributed by atoms with Gasteiger partial charge in [-0.05, 0) is 43.7 Å². The average molecular weight is 391 g/mol. The number of ether oxygens (including phenoxy) is 1. The second-order valence-corrected chi connectivity index (χ2v) is 7.82. The zero-order chi connectivity index (χ0) is 20.8. The summed E-state index contributed by atoms with van der Waals surface area (Å²) in [7, 11) is 0. The molecule has 0 bridgehead atoms. The lowest BCUT2D eigenvalue weighted by Gasteiger charge is -2.31. The van der Waals surface area contributed by atoms with Crippen molar-refractivity contribution in [1.82, 2.24) is 5.32 Å². The minimum Gasteiger partial charge on any atom is -0.449 e. The van der Waals surface area contributed by atoms with Gasteiger partial charge in [0.15, 0.2) is 6.10 Å². The molecule has 1 fully saturated rings. The van der Waals surface area contributed by atoms with Gasteiger partial charge in [-0.3, -0.25) is 14.9 Å². The number of benzene rings is 1. The maximum atomic E-state index is 12.4. The molecule has 8 heteroatoms. The molecule has 0 saturated carbocycles. The highest BCUT2D eigenvalue weighted by Gasteiger charge is 2.26. The van der Waals surface area contributed by atoms with Crippen molar-refractivity contribution in [1.29, 1.82) is 0 Å². The van der Waals surface area contributed by atoms with Crippen molar-refractivity contribution in [3.8, 4) is 0 Å². The third-order valence-electron chi connectivity index (χ3n) is 4.87. The highest BCUT2D eigenvalue weighted by atomic mass is 16.6. The lowest BCUT2D eigenvalue weighted by molar-refractivity contribution is -0.384. The summed E-state index contributed by atoms with van der Waals surface area (Å²) in [6.07, 6.45) is 0.974. The van der Waals surface area contributed by atoms with Crippen molar-refractivity contribution in [3.63, 3.8) is 0 Å². The minimum absolute atomic E-state index is 0.0596. The number of amides is 1. The first kappa shape index (κ1) is 21.7. The molecule has 1 heterocycles. The number of nitrogens with zero attached hydrogens (tertiary/aromatic N) is 2. The van der Waals surface area contributed by atoms with Crippen LogP contribution in [-0.4, -0.2) is 42.5 Å². The first-order valence-electron chi connectivity index (χ1n) is 9.71. The number of nitro groups is 1. The van der Waals surface area contributed by atoms with Gasteiger partial charge < -0.3 is 15.0 Å². The van der Waals surface area contributed by atoms with Crippen molar-refractivity contribution in [2.75, 3.05) is 24.5 Å². The smallest absolute Gasteiger partial charge is 0.339 e. The molecule has 1 N–H and O–H groups in total. The van der Waals surface area contributed by atoms with E-state index in [-0.39, 0.29) is 17.2 Å². The zero-order valence-corrected chi connectivity index (χ0v) is 16.9. The summed E-state index contributed by atoms with van der Waals surface area (Å²) in [5, 5.41) is 14.2. The van der Waals surface area contributed by atoms with Crippen molar-refractivity contribution in [2.24, 2.45) is 11.8 Å². The Morgan fingerprint density at radius 3 is 2.50 bits per heavy atom. The fourth-order valence-electron chi connectivity index (χ4n) is 3.04. The fourth-order valence-corrected chi connectivity index (χ4v) is 3.04. The van der Waals surface area contributed by atoms with Crippen molar-refractivity contribution in [2.45, 2.75) is 46.6 Å². The van der Waals surface area contributed by atoms with Gasteiger partial charge in [-0.1, -0.05) is 20.8 Å². The summed E-state index contributed by atoms with van der Waals surface area (Å²) in [6, 6.07) is 4.34. The van der Waals surface area contributed by atoms with Gasteiger partial charge >= 0.3 is 5.97 Å². The van der Waals surface area contributed by atoms with E-state index in [1.54, 1.807) is 6.07 Å². The topological polar surface area (TPSA) is 102 Å². The predicted molar refractivity (Wildman–Crippen MR) is 106 cm³/mol. The van der Waals surface area contributed by atoms with E-state index in [9.17, 15) is 19.7 Å². The number of anilines is 1. The lowest BCUT2D eigenvalue weighted by atomic mass is 9.98. The van der Waals surface area contributed by atoms with Crippen LogP contribution in [0.3, 0.4) is 0 Å². The molecule has 1 aliphatic heterocycles. The lowest BCUT2D eigenvalue weighted by Crippen LogP contribution is -2.37. The quantitative estimate of drug-likeness (QED) is 0.435. The maximum absolute atomic E-state index is 12.4. The summed E-state index contributed by atoms with van der Waals surface area (Å²) >= 11 is 0. The molecule has 154 valence electrons. The molecule has 2 rings (SSSR count). The van der Waals surface area contributed by atoms with Crippen LogP contribution in [0.25, 0.3) is 0 Å². The third kappa shape index (κ3) is 5.68. The zero-order valence-electron chi connectivity index (χ0n) is 16.9. The molecule has 0 radical (unpaired) electrons. The number of hydrogen-bond donors (Lipinski definition) is 1. The Morgan fingerprint density at radius 1 is 1.29 bits per heavy atom. The Hall–Kier alpha value is -2.64. The van der Waals surface area contributed by atoms with Crippen LogP contribution in [0.15, 0.2) is 18.2 Å². The van der Waals surface area contributed by atoms with Gasteiger partial charge in [0, 0.05) is 25.7 Å². The number of piperidine rings is 1. The fraction of sp³-hybridized carbons (Fsp3) is 0.600. The first-order valence-corrected chi connectivity index (χ1v) is 9.71. The van der Waals surface area contributed by atoms with Crippen LogP contribution in [0.1, 0.15) is 50.9 Å². The Bertz CT molecular complexity index is 727. The molecule has 1 unspecified atom stereocenters. The summed E-state index contributed by atoms with van der Waals surface area (Å²) in [5.74, 6) is -0.266. The monoisotopic (exact) mass is 391 g/mol. The van der Waals surface area contributed by atoms with E-state index < -0.39 is 22.9 Å². The second-order valence-electron chi connectivity index (χ2n) is 7.82. The summed E-state index contributed by atoms with van der Waals surface area (Å²) in [5.41, 5.74) is 0.446. The molecular formula is C20H29N3O5. The molecule has 8 nitrogen and oxygen atoms in total. The van der Waals surface area contributed by atoms with Gasteiger partial charge in [0.1, 0.15) is 5.69 Å². The van der Waals surface area contributed by atoms with Gasteiger partial charge in [0.2, 0.25) is 0 Å². The molecule has 28 heavy (non-hydrogen) atoms. The molecule has 0 aliphatic carbocycles. The van der Waals surface area contributed by atoms with E-state index in [1.807, 2.05) is 18.7 Å². The molecule has 0 spiro atoms. The second kappa shape index (κ2) is 9.52. The number of nitro benzene ring substituents is 1. The van der Waals surface area contributed by atoms with Crippen LogP contribution in [0.4, 0.5) is 11.4 Å². The molecule has 1 aromatic rings. The van der Waals surface area contributed by atoms with Crippen molar-refractivity contribution >= 4 is 23.3 Å². The molecule has 0 aromatic heterocycles. The van der Waals surface area contributed by atoms with Crippen LogP contribution >= 0.6 is 0 Å². The number of nitrogens with one attached hydrogen (secondary N) is 1. The minimum atomic E-state index is -0.978. The standard InChI is InChI=1S/C20H29N3O5/c1-13(2)12-21-19(24)15(4)28-20(25)16-5-6-17(18(11-16)23(26)27)22-9-7-14(3)8-10-22/h5-6,11,13-15H,7-10,12H2,1-4H3,(H,21,24). The average Bonchev–Trinajstić information content (AvgIpc) is 2.66. The Labute approximate surface area is 165 Å². The van der Waals surface area contributed by atoms with E-state index in [0.717, 1.165) is 25.9 Å². The number of esters is 1. The van der Waals surface area contributed by atoms with Gasteiger partial charge in [-0.15, -0.1) is 0 Å². The molecule has 1 aliphatic rings. The molecular weight excluding hydrogens is 362 g/mol. The van der Waals surface area contributed by atoms with Crippen molar-refractivity contribution in [3.05, 3.63) is 33.9 Å². The Morgan fingerprint density at radius 2 is 1.93 bits per heavy atom. The summed E-state index contributed by atoms with van der Waals surface area (Å²) in [6.45, 7) is 9.54. The molecule has 1 aromatic carbocycles. The van der Waals surface area contributed by atoms with Crippen LogP contribution in [-0.2, 0) is 9.53 Å². The van der Waals surface area contributed by atoms with Gasteiger partial charge in [0.25, 0.3) is 11.6 Å². The number of hydrogen-bond acceptors (Lipinski definition) is 6. The maximum Gasteiger partial charge on any atom is 0.339 e. The highest BCUT2D eigenvalue weighted by molar-refractivity contribution is 5.93. The van der Waals surface area contributed by atoms with Gasteiger partial charge in [-0.2, -0.15) is 0 Å². The number of rotatable bonds is 7. The van der Waals surface area contributed by atoms with Crippen molar-refractivity contribution < 1.29 is 19.2 Å². The van der Waals surface area contributed by atoms with E-state index in [2.05, 4.69) is 12.2 Å². The molecule has 1 atom stereocenters. The number of carbonyl (C=O) groups excluding carboxylic acids is 2. The van der Waals surface area contributed by atoms with Gasteiger partial charge in [0.05, 0.1) is 10.5 Å². The summed E-state index contributed by atoms with van der Waals surface area (Å²) in [4.78, 5) is 37.4. The van der Waals surface area contributed by atoms with E-state index in [0.29, 0.717) is 18.2 Å². The Kier molecular flexibility index (Phi) is 7.37. The first-order chi connectivity index (χ1) is 13.2. The Balaban J connectivity index is 2.11. The van der Waals surface area contributed by atoms with Crippen LogP contribution in [0.5, 0.6) is 0 Å². The molecule has 1 saturated heterocycles. The molecule has 1 amide bonds. The van der Waals surface area contributed by atoms with Gasteiger partial charge in [-0.25, -0.2) is 4.79 Å². The van der Waals surface area contributed by atoms with Crippen LogP contribution < -0.4 is 10.2 Å². The SMILES string of the molecule is CC(C)CNC(=O)C(C)OC(=O)c1ccc(N2CCC(C)CC2)c([N+](=O)[O-])c1. The van der Waals surface area contributed by atoms with Crippen LogP contribution in [0.2, 0.25) is 0 Å². The normalized spacial score (nSPS) is 16.0. The number of carbonyl (C=O) groups is 2.